The Labute approximate surface area is 174 Å². The summed E-state index contributed by atoms with van der Waals surface area (Å²) in [6.45, 7) is 3.05. The van der Waals surface area contributed by atoms with Gasteiger partial charge in [0.1, 0.15) is 17.0 Å². The average Bonchev–Trinajstić information content (AvgIpc) is 3.17. The minimum Gasteiger partial charge on any atom is -0.352 e. The van der Waals surface area contributed by atoms with Gasteiger partial charge in [-0.15, -0.1) is 11.3 Å². The van der Waals surface area contributed by atoms with E-state index < -0.39 is 0 Å². The largest absolute Gasteiger partial charge is 0.352 e. The number of benzene rings is 1. The molecule has 1 aliphatic heterocycles. The standard InChI is InChI=1S/C23H24N4OS/c28-20(11-10-17-6-2-1-3-7-17)26-12-14-27(15-13-26)22-21-18-8-4-5-9-19(18)29-23(21)25-16-24-22/h1-3,6-7,10-11,16H,4-5,8-9,12-15H2/b11-10+. The fraction of sp³-hybridized carbons (Fsp3) is 0.348. The van der Waals surface area contributed by atoms with Gasteiger partial charge in [0.2, 0.25) is 5.91 Å². The van der Waals surface area contributed by atoms with E-state index in [4.69, 9.17) is 0 Å². The van der Waals surface area contributed by atoms with Crippen molar-refractivity contribution < 1.29 is 4.79 Å². The van der Waals surface area contributed by atoms with Crippen LogP contribution in [0.2, 0.25) is 0 Å². The molecule has 1 aliphatic carbocycles. The number of fused-ring (bicyclic) bond motifs is 3. The Morgan fingerprint density at radius 2 is 1.79 bits per heavy atom. The number of aromatic nitrogens is 2. The molecule has 0 saturated carbocycles. The lowest BCUT2D eigenvalue weighted by molar-refractivity contribution is -0.126. The van der Waals surface area contributed by atoms with E-state index in [2.05, 4.69) is 14.9 Å². The number of carbonyl (C=O) groups is 1. The van der Waals surface area contributed by atoms with Gasteiger partial charge in [-0.2, -0.15) is 0 Å². The molecule has 5 rings (SSSR count). The first-order valence-electron chi connectivity index (χ1n) is 10.3. The Morgan fingerprint density at radius 3 is 2.62 bits per heavy atom. The van der Waals surface area contributed by atoms with Crippen LogP contribution < -0.4 is 4.90 Å². The van der Waals surface area contributed by atoms with Crippen LogP contribution in [0.25, 0.3) is 16.3 Å². The van der Waals surface area contributed by atoms with E-state index in [1.54, 1.807) is 12.4 Å². The summed E-state index contributed by atoms with van der Waals surface area (Å²) in [7, 11) is 0. The molecule has 0 unspecified atom stereocenters. The van der Waals surface area contributed by atoms with Crippen molar-refractivity contribution in [2.24, 2.45) is 0 Å². The monoisotopic (exact) mass is 404 g/mol. The van der Waals surface area contributed by atoms with Gasteiger partial charge in [-0.1, -0.05) is 30.3 Å². The molecule has 5 nitrogen and oxygen atoms in total. The molecule has 0 N–H and O–H groups in total. The summed E-state index contributed by atoms with van der Waals surface area (Å²) in [6.07, 6.45) is 10.1. The molecule has 2 aliphatic rings. The number of anilines is 1. The molecule has 1 saturated heterocycles. The molecule has 3 aromatic rings. The van der Waals surface area contributed by atoms with Crippen LogP contribution >= 0.6 is 11.3 Å². The average molecular weight is 405 g/mol. The van der Waals surface area contributed by atoms with Gasteiger partial charge in [-0.3, -0.25) is 4.79 Å². The lowest BCUT2D eigenvalue weighted by atomic mass is 9.97. The quantitative estimate of drug-likeness (QED) is 0.621. The normalized spacial score (nSPS) is 17.1. The third kappa shape index (κ3) is 3.65. The third-order valence-electron chi connectivity index (χ3n) is 5.84. The van der Waals surface area contributed by atoms with Crippen molar-refractivity contribution in [2.75, 3.05) is 31.1 Å². The van der Waals surface area contributed by atoms with E-state index in [0.717, 1.165) is 48.8 Å². The number of hydrogen-bond acceptors (Lipinski definition) is 5. The number of piperazine rings is 1. The summed E-state index contributed by atoms with van der Waals surface area (Å²) in [5.41, 5.74) is 2.52. The number of hydrogen-bond donors (Lipinski definition) is 0. The van der Waals surface area contributed by atoms with Crippen molar-refractivity contribution in [3.05, 3.63) is 58.7 Å². The Morgan fingerprint density at radius 1 is 1.00 bits per heavy atom. The molecule has 0 bridgehead atoms. The molecule has 1 fully saturated rings. The highest BCUT2D eigenvalue weighted by atomic mass is 32.1. The fourth-order valence-corrected chi connectivity index (χ4v) is 5.51. The first kappa shape index (κ1) is 18.3. The van der Waals surface area contributed by atoms with E-state index in [0.29, 0.717) is 0 Å². The van der Waals surface area contributed by atoms with Gasteiger partial charge in [-0.25, -0.2) is 9.97 Å². The SMILES string of the molecule is O=C(/C=C/c1ccccc1)N1CCN(c2ncnc3sc4c(c23)CCCC4)CC1. The molecular formula is C23H24N4OS. The molecule has 1 aromatic carbocycles. The lowest BCUT2D eigenvalue weighted by Gasteiger charge is -2.35. The van der Waals surface area contributed by atoms with Crippen LogP contribution in [-0.4, -0.2) is 47.0 Å². The number of thiophene rings is 1. The second kappa shape index (κ2) is 7.95. The maximum absolute atomic E-state index is 12.6. The molecule has 0 spiro atoms. The maximum atomic E-state index is 12.6. The summed E-state index contributed by atoms with van der Waals surface area (Å²) in [5, 5.41) is 1.26. The van der Waals surface area contributed by atoms with Crippen LogP contribution in [0.5, 0.6) is 0 Å². The zero-order valence-corrected chi connectivity index (χ0v) is 17.2. The van der Waals surface area contributed by atoms with Crippen LogP contribution in [0.3, 0.4) is 0 Å². The van der Waals surface area contributed by atoms with E-state index >= 15 is 0 Å². The summed E-state index contributed by atoms with van der Waals surface area (Å²) in [5.74, 6) is 1.13. The van der Waals surface area contributed by atoms with Crippen molar-refractivity contribution in [1.29, 1.82) is 0 Å². The highest BCUT2D eigenvalue weighted by Gasteiger charge is 2.25. The number of amides is 1. The van der Waals surface area contributed by atoms with Crippen LogP contribution in [0, 0.1) is 0 Å². The summed E-state index contributed by atoms with van der Waals surface area (Å²) < 4.78 is 0. The number of nitrogens with zero attached hydrogens (tertiary/aromatic N) is 4. The molecule has 0 radical (unpaired) electrons. The van der Waals surface area contributed by atoms with Crippen molar-refractivity contribution in [3.63, 3.8) is 0 Å². The van der Waals surface area contributed by atoms with E-state index in [1.807, 2.05) is 52.6 Å². The first-order chi connectivity index (χ1) is 14.3. The van der Waals surface area contributed by atoms with E-state index in [1.165, 1.54) is 35.1 Å². The Hall–Kier alpha value is -2.73. The Kier molecular flexibility index (Phi) is 5.02. The van der Waals surface area contributed by atoms with Crippen molar-refractivity contribution >= 4 is 39.4 Å². The smallest absolute Gasteiger partial charge is 0.246 e. The van der Waals surface area contributed by atoms with Crippen molar-refractivity contribution in [2.45, 2.75) is 25.7 Å². The van der Waals surface area contributed by atoms with Gasteiger partial charge in [0.25, 0.3) is 0 Å². The van der Waals surface area contributed by atoms with Gasteiger partial charge in [0.15, 0.2) is 0 Å². The predicted octanol–water partition coefficient (Wildman–Crippen LogP) is 3.93. The topological polar surface area (TPSA) is 49.3 Å². The molecule has 3 heterocycles. The second-order valence-corrected chi connectivity index (χ2v) is 8.73. The molecule has 6 heteroatoms. The van der Waals surface area contributed by atoms with Crippen molar-refractivity contribution in [1.82, 2.24) is 14.9 Å². The van der Waals surface area contributed by atoms with Gasteiger partial charge in [0.05, 0.1) is 5.39 Å². The van der Waals surface area contributed by atoms with Crippen LogP contribution in [0.4, 0.5) is 5.82 Å². The number of rotatable bonds is 3. The van der Waals surface area contributed by atoms with Crippen LogP contribution in [0.1, 0.15) is 28.8 Å². The van der Waals surface area contributed by atoms with Crippen molar-refractivity contribution in [3.8, 4) is 0 Å². The van der Waals surface area contributed by atoms with Crippen LogP contribution in [-0.2, 0) is 17.6 Å². The summed E-state index contributed by atoms with van der Waals surface area (Å²) in [4.78, 5) is 28.6. The van der Waals surface area contributed by atoms with Gasteiger partial charge in [-0.05, 0) is 42.9 Å². The first-order valence-corrected chi connectivity index (χ1v) is 11.1. The van der Waals surface area contributed by atoms with Gasteiger partial charge < -0.3 is 9.80 Å². The Balaban J connectivity index is 1.30. The molecule has 0 atom stereocenters. The summed E-state index contributed by atoms with van der Waals surface area (Å²) >= 11 is 1.84. The zero-order chi connectivity index (χ0) is 19.6. The molecule has 148 valence electrons. The highest BCUT2D eigenvalue weighted by Crippen LogP contribution is 2.39. The third-order valence-corrected chi connectivity index (χ3v) is 7.04. The fourth-order valence-electron chi connectivity index (χ4n) is 4.29. The Bertz CT molecular complexity index is 1050. The van der Waals surface area contributed by atoms with Gasteiger partial charge >= 0.3 is 0 Å². The highest BCUT2D eigenvalue weighted by molar-refractivity contribution is 7.19. The van der Waals surface area contributed by atoms with Crippen LogP contribution in [0.15, 0.2) is 42.7 Å². The molecule has 1 amide bonds. The number of carbonyl (C=O) groups excluding carboxylic acids is 1. The lowest BCUT2D eigenvalue weighted by Crippen LogP contribution is -2.48. The molecular weight excluding hydrogens is 380 g/mol. The maximum Gasteiger partial charge on any atom is 0.246 e. The van der Waals surface area contributed by atoms with Gasteiger partial charge in [0, 0.05) is 37.1 Å². The predicted molar refractivity (Wildman–Crippen MR) is 118 cm³/mol. The van der Waals surface area contributed by atoms with E-state index in [9.17, 15) is 4.79 Å². The second-order valence-electron chi connectivity index (χ2n) is 7.64. The molecule has 2 aromatic heterocycles. The minimum absolute atomic E-state index is 0.0780. The minimum atomic E-state index is 0.0780. The summed E-state index contributed by atoms with van der Waals surface area (Å²) in [6, 6.07) is 9.95. The zero-order valence-electron chi connectivity index (χ0n) is 16.4. The number of aryl methyl sites for hydroxylation is 2. The molecule has 29 heavy (non-hydrogen) atoms. The van der Waals surface area contributed by atoms with E-state index in [-0.39, 0.29) is 5.91 Å².